The highest BCUT2D eigenvalue weighted by Gasteiger charge is 1.59. The first-order valence-corrected chi connectivity index (χ1v) is 2.63. The minimum atomic E-state index is -0.500. The van der Waals surface area contributed by atoms with Crippen LogP contribution in [0.25, 0.3) is 0 Å². The van der Waals surface area contributed by atoms with E-state index in [1.54, 1.807) is 0 Å². The van der Waals surface area contributed by atoms with Crippen molar-refractivity contribution in [1.82, 2.24) is 0 Å². The van der Waals surface area contributed by atoms with E-state index in [0.29, 0.717) is 0 Å². The third kappa shape index (κ3) is 29400. The predicted octanol–water partition coefficient (Wildman–Crippen LogP) is 0.547. The monoisotopic (exact) mass is 171 g/mol. The Labute approximate surface area is 62.9 Å². The average Bonchev–Trinajstić information content (AvgIpc) is 1.25. The topological polar surface area (TPSA) is 66.5 Å². The molecule has 0 spiro atoms. The van der Waals surface area contributed by atoms with Gasteiger partial charge in [-0.2, -0.15) is 0 Å². The van der Waals surface area contributed by atoms with Crippen molar-refractivity contribution in [3.63, 3.8) is 0 Å². The summed E-state index contributed by atoms with van der Waals surface area (Å²) in [6.45, 7) is 0. The van der Waals surface area contributed by atoms with Crippen LogP contribution in [-0.4, -0.2) is 19.8 Å². The van der Waals surface area contributed by atoms with Gasteiger partial charge in [0.25, 0.3) is 5.17 Å². The van der Waals surface area contributed by atoms with Gasteiger partial charge in [-0.3, -0.25) is 0 Å². The molecule has 0 aromatic rings. The van der Waals surface area contributed by atoms with Gasteiger partial charge >= 0.3 is 0 Å². The zero-order valence-corrected chi connectivity index (χ0v) is 6.26. The molecule has 0 atom stereocenters. The van der Waals surface area contributed by atoms with Crippen LogP contribution in [0.2, 0.25) is 0 Å². The fourth-order valence-electron chi connectivity index (χ4n) is 0. The first-order chi connectivity index (χ1) is 3.46. The maximum atomic E-state index is 7.65. The van der Waals surface area contributed by atoms with Gasteiger partial charge in [-0.1, -0.05) is 12.6 Å². The Bertz CT molecular complexity index is 73.3. The maximum absolute atomic E-state index is 7.65. The van der Waals surface area contributed by atoms with Crippen LogP contribution in [0.5, 0.6) is 0 Å². The second kappa shape index (κ2) is 6.93. The molecule has 0 aliphatic carbocycles. The average molecular weight is 171 g/mol. The summed E-state index contributed by atoms with van der Waals surface area (Å²) in [6.07, 6.45) is 0. The summed E-state index contributed by atoms with van der Waals surface area (Å²) in [4.78, 5) is 0. The molecule has 0 fully saturated rings. The van der Waals surface area contributed by atoms with Crippen molar-refractivity contribution >= 4 is 46.6 Å². The Kier molecular flexibility index (Phi) is 9.38. The van der Waals surface area contributed by atoms with E-state index in [4.69, 9.17) is 10.2 Å². The highest BCUT2D eigenvalue weighted by molar-refractivity contribution is 8.10. The van der Waals surface area contributed by atoms with Crippen LogP contribution in [0.1, 0.15) is 0 Å². The molecule has 0 rings (SSSR count). The number of aliphatic hydroxyl groups is 2. The van der Waals surface area contributed by atoms with E-state index in [-0.39, 0.29) is 4.38 Å². The molecular weight excluding hydrogens is 166 g/mol. The van der Waals surface area contributed by atoms with E-state index in [9.17, 15) is 0 Å². The quantitative estimate of drug-likeness (QED) is 0.316. The van der Waals surface area contributed by atoms with E-state index in [1.165, 1.54) is 0 Å². The molecule has 0 heterocycles. The Morgan fingerprint density at radius 1 is 1.38 bits per heavy atom. The van der Waals surface area contributed by atoms with Crippen LogP contribution in [0.4, 0.5) is 0 Å². The van der Waals surface area contributed by atoms with Crippen molar-refractivity contribution in [2.75, 3.05) is 0 Å². The van der Waals surface area contributed by atoms with Gasteiger partial charge in [0.05, 0.1) is 0 Å². The molecule has 4 N–H and O–H groups in total. The molecule has 48 valence electrons. The van der Waals surface area contributed by atoms with Gasteiger partial charge in [0.2, 0.25) is 4.38 Å². The molecule has 0 amide bonds. The summed E-state index contributed by atoms with van der Waals surface area (Å²) < 4.78 is -0.306. The highest BCUT2D eigenvalue weighted by Crippen LogP contribution is 1.68. The molecule has 3 nitrogen and oxygen atoms in total. The van der Waals surface area contributed by atoms with Crippen molar-refractivity contribution in [3.8, 4) is 0 Å². The van der Waals surface area contributed by atoms with E-state index >= 15 is 0 Å². The van der Waals surface area contributed by atoms with Gasteiger partial charge in [-0.25, -0.2) is 0 Å². The molecular formula is C2H5NO2S3. The summed E-state index contributed by atoms with van der Waals surface area (Å²) in [6, 6.07) is 0. The van der Waals surface area contributed by atoms with Crippen molar-refractivity contribution < 1.29 is 10.2 Å². The Morgan fingerprint density at radius 2 is 1.38 bits per heavy atom. The van der Waals surface area contributed by atoms with E-state index < -0.39 is 5.17 Å². The summed E-state index contributed by atoms with van der Waals surface area (Å²) in [7, 11) is 0. The van der Waals surface area contributed by atoms with Crippen LogP contribution >= 0.6 is 37.1 Å². The summed E-state index contributed by atoms with van der Waals surface area (Å²) in [5, 5.41) is 14.7. The fourth-order valence-corrected chi connectivity index (χ4v) is 0. The lowest BCUT2D eigenvalue weighted by atomic mass is 11.4. The largest absolute Gasteiger partial charge is 0.494 e. The smallest absolute Gasteiger partial charge is 0.251 e. The summed E-state index contributed by atoms with van der Waals surface area (Å²) >= 11 is 11.1. The molecule has 8 heavy (non-hydrogen) atoms. The SMILES string of the molecule is NC(O)=S.OC(=S)S. The van der Waals surface area contributed by atoms with Gasteiger partial charge < -0.3 is 15.9 Å². The molecule has 0 aliphatic rings. The molecule has 0 radical (unpaired) electrons. The maximum Gasteiger partial charge on any atom is 0.251 e. The van der Waals surface area contributed by atoms with Gasteiger partial charge in [0, 0.05) is 0 Å². The Balaban J connectivity index is 0. The van der Waals surface area contributed by atoms with Crippen molar-refractivity contribution in [3.05, 3.63) is 0 Å². The van der Waals surface area contributed by atoms with Crippen LogP contribution in [0.3, 0.4) is 0 Å². The second-order valence-electron chi connectivity index (χ2n) is 0.621. The van der Waals surface area contributed by atoms with E-state index in [2.05, 4.69) is 42.8 Å². The molecule has 0 aromatic carbocycles. The van der Waals surface area contributed by atoms with Crippen LogP contribution < -0.4 is 5.73 Å². The molecule has 0 saturated heterocycles. The Hall–Kier alpha value is -0.0700. The van der Waals surface area contributed by atoms with Crippen molar-refractivity contribution in [2.45, 2.75) is 0 Å². The van der Waals surface area contributed by atoms with Gasteiger partial charge in [-0.05, 0) is 24.4 Å². The van der Waals surface area contributed by atoms with Crippen LogP contribution in [0.15, 0.2) is 0 Å². The van der Waals surface area contributed by atoms with Crippen LogP contribution in [-0.2, 0) is 0 Å². The van der Waals surface area contributed by atoms with Crippen molar-refractivity contribution in [2.24, 2.45) is 5.73 Å². The zero-order valence-electron chi connectivity index (χ0n) is 3.74. The summed E-state index contributed by atoms with van der Waals surface area (Å²) in [5.41, 5.74) is 4.40. The molecule has 6 heteroatoms. The van der Waals surface area contributed by atoms with E-state index in [1.807, 2.05) is 0 Å². The van der Waals surface area contributed by atoms with E-state index in [0.717, 1.165) is 0 Å². The fraction of sp³-hybridized carbons (Fsp3) is 0. The number of rotatable bonds is 0. The number of hydrogen-bond donors (Lipinski definition) is 4. The number of thiol groups is 1. The molecule has 0 unspecified atom stereocenters. The van der Waals surface area contributed by atoms with Crippen LogP contribution in [0, 0.1) is 0 Å². The lowest BCUT2D eigenvalue weighted by Gasteiger charge is -1.67. The molecule has 0 saturated carbocycles. The first kappa shape index (κ1) is 10.8. The van der Waals surface area contributed by atoms with Gasteiger partial charge in [0.1, 0.15) is 0 Å². The lowest BCUT2D eigenvalue weighted by Crippen LogP contribution is -2.03. The third-order valence-corrected chi connectivity index (χ3v) is 0. The second-order valence-corrected chi connectivity index (χ2v) is 2.15. The highest BCUT2D eigenvalue weighted by atomic mass is 32.1. The number of thiocarbonyl (C=S) groups is 2. The normalized spacial score (nSPS) is 6.12. The first-order valence-electron chi connectivity index (χ1n) is 1.37. The molecule has 0 aromatic heterocycles. The van der Waals surface area contributed by atoms with Gasteiger partial charge in [0.15, 0.2) is 0 Å². The number of hydrogen-bond acceptors (Lipinski definition) is 2. The van der Waals surface area contributed by atoms with Crippen molar-refractivity contribution in [1.29, 1.82) is 0 Å². The minimum Gasteiger partial charge on any atom is -0.494 e. The lowest BCUT2D eigenvalue weighted by molar-refractivity contribution is 0.560. The Morgan fingerprint density at radius 3 is 1.38 bits per heavy atom. The standard InChI is InChI=1S/CH3NOS.CH2OS2/c2*2-1(3)4/h(H3,2,3,4);(H2,2,3,4). The zero-order chi connectivity index (χ0) is 7.15. The van der Waals surface area contributed by atoms with Gasteiger partial charge in [-0.15, -0.1) is 0 Å². The molecule has 0 aliphatic heterocycles. The number of nitrogens with two attached hydrogens (primary N) is 1. The third-order valence-electron chi connectivity index (χ3n) is 0. The summed E-state index contributed by atoms with van der Waals surface area (Å²) in [5.74, 6) is 0. The predicted molar refractivity (Wildman–Crippen MR) is 43.6 cm³/mol. The minimum absolute atomic E-state index is 0.306. The number of aliphatic hydroxyl groups excluding tert-OH is 2. The molecule has 0 bridgehead atoms.